The third kappa shape index (κ3) is 4.36. The lowest BCUT2D eigenvalue weighted by Gasteiger charge is -2.02. The summed E-state index contributed by atoms with van der Waals surface area (Å²) < 4.78 is 13.2. The van der Waals surface area contributed by atoms with E-state index in [4.69, 9.17) is 0 Å². The number of nitrogens with one attached hydrogen (secondary N) is 1. The van der Waals surface area contributed by atoms with Crippen LogP contribution in [0.15, 0.2) is 24.3 Å². The fraction of sp³-hybridized carbons (Fsp3) is 0.182. The molecule has 1 rings (SSSR count). The van der Waals surface area contributed by atoms with Gasteiger partial charge in [0.1, 0.15) is 5.82 Å². The smallest absolute Gasteiger partial charge is 0.237 e. The Morgan fingerprint density at radius 3 is 2.53 bits per heavy atom. The van der Waals surface area contributed by atoms with Crippen LogP contribution in [-0.4, -0.2) is 22.7 Å². The van der Waals surface area contributed by atoms with Crippen LogP contribution in [0, 0.1) is 5.82 Å². The van der Waals surface area contributed by atoms with Gasteiger partial charge in [-0.3, -0.25) is 19.7 Å². The highest BCUT2D eigenvalue weighted by molar-refractivity contribution is 8.14. The molecule has 0 aromatic heterocycles. The van der Waals surface area contributed by atoms with Gasteiger partial charge in [-0.15, -0.1) is 0 Å². The summed E-state index contributed by atoms with van der Waals surface area (Å²) in [6.45, 7) is 1.20. The minimum atomic E-state index is -0.628. The van der Waals surface area contributed by atoms with Crippen molar-refractivity contribution in [3.63, 3.8) is 0 Å². The topological polar surface area (TPSA) is 63.2 Å². The summed E-state index contributed by atoms with van der Waals surface area (Å²) in [5, 5.41) is 1.48. The van der Waals surface area contributed by atoms with Crippen molar-refractivity contribution >= 4 is 28.7 Å². The Morgan fingerprint density at radius 2 is 1.94 bits per heavy atom. The van der Waals surface area contributed by atoms with Crippen molar-refractivity contribution in [1.82, 2.24) is 5.32 Å². The minimum absolute atomic E-state index is 0.0758. The van der Waals surface area contributed by atoms with Gasteiger partial charge in [0, 0.05) is 6.92 Å². The molecule has 90 valence electrons. The van der Waals surface area contributed by atoms with E-state index in [0.717, 1.165) is 0 Å². The first-order valence-electron chi connectivity index (χ1n) is 4.73. The van der Waals surface area contributed by atoms with Gasteiger partial charge in [-0.25, -0.2) is 4.39 Å². The van der Waals surface area contributed by atoms with Crippen molar-refractivity contribution in [3.05, 3.63) is 35.6 Å². The molecule has 0 aliphatic carbocycles. The van der Waals surface area contributed by atoms with Crippen molar-refractivity contribution in [2.24, 2.45) is 0 Å². The zero-order valence-electron chi connectivity index (χ0n) is 9.03. The van der Waals surface area contributed by atoms with E-state index in [0.29, 0.717) is 11.8 Å². The van der Waals surface area contributed by atoms with Crippen LogP contribution in [0.2, 0.25) is 0 Å². The molecular formula is C11H10FNO3S. The molecule has 1 N–H and O–H groups in total. The van der Waals surface area contributed by atoms with E-state index in [1.54, 1.807) is 0 Å². The zero-order chi connectivity index (χ0) is 12.8. The summed E-state index contributed by atoms with van der Waals surface area (Å²) in [6, 6.07) is 5.52. The maximum Gasteiger partial charge on any atom is 0.237 e. The quantitative estimate of drug-likeness (QED) is 0.885. The fourth-order valence-electron chi connectivity index (χ4n) is 1.07. The molecular weight excluding hydrogens is 245 g/mol. The van der Waals surface area contributed by atoms with Gasteiger partial charge in [-0.2, -0.15) is 0 Å². The van der Waals surface area contributed by atoms with Gasteiger partial charge in [0.05, 0.1) is 11.3 Å². The molecule has 0 aliphatic rings. The summed E-state index contributed by atoms with van der Waals surface area (Å²) in [5.74, 6) is -1.91. The number of hydrogen-bond donors (Lipinski definition) is 1. The average Bonchev–Trinajstić information content (AvgIpc) is 2.25. The minimum Gasteiger partial charge on any atom is -0.296 e. The van der Waals surface area contributed by atoms with Gasteiger partial charge >= 0.3 is 0 Å². The maximum atomic E-state index is 13.2. The van der Waals surface area contributed by atoms with Gasteiger partial charge in [0.2, 0.25) is 16.9 Å². The van der Waals surface area contributed by atoms with Crippen LogP contribution >= 0.6 is 11.8 Å². The van der Waals surface area contributed by atoms with Gasteiger partial charge in [-0.05, 0) is 12.1 Å². The second-order valence-electron chi connectivity index (χ2n) is 3.16. The second kappa shape index (κ2) is 6.15. The highest BCUT2D eigenvalue weighted by Crippen LogP contribution is 2.15. The number of imide groups is 1. The monoisotopic (exact) mass is 255 g/mol. The lowest BCUT2D eigenvalue weighted by Crippen LogP contribution is -2.29. The van der Waals surface area contributed by atoms with Crippen molar-refractivity contribution in [2.45, 2.75) is 6.92 Å². The predicted molar refractivity (Wildman–Crippen MR) is 62.0 cm³/mol. The van der Waals surface area contributed by atoms with Gasteiger partial charge in [-0.1, -0.05) is 23.9 Å². The second-order valence-corrected chi connectivity index (χ2v) is 4.11. The van der Waals surface area contributed by atoms with E-state index in [1.165, 1.54) is 31.2 Å². The van der Waals surface area contributed by atoms with E-state index in [2.05, 4.69) is 0 Å². The van der Waals surface area contributed by atoms with Crippen LogP contribution in [0.3, 0.4) is 0 Å². The number of amides is 2. The number of hydrogen-bond acceptors (Lipinski definition) is 4. The number of rotatable bonds is 3. The average molecular weight is 255 g/mol. The van der Waals surface area contributed by atoms with Crippen molar-refractivity contribution in [1.29, 1.82) is 0 Å². The molecule has 0 fully saturated rings. The van der Waals surface area contributed by atoms with E-state index in [1.807, 2.05) is 5.32 Å². The third-order valence-corrected chi connectivity index (χ3v) is 2.63. The molecule has 1 aromatic carbocycles. The van der Waals surface area contributed by atoms with Crippen LogP contribution in [0.5, 0.6) is 0 Å². The summed E-state index contributed by atoms with van der Waals surface area (Å²) >= 11 is 0.651. The Balaban J connectivity index is 2.54. The van der Waals surface area contributed by atoms with Crippen LogP contribution in [0.1, 0.15) is 17.3 Å². The van der Waals surface area contributed by atoms with Gasteiger partial charge < -0.3 is 0 Å². The Kier molecular flexibility index (Phi) is 4.84. The van der Waals surface area contributed by atoms with E-state index in [-0.39, 0.29) is 11.3 Å². The highest BCUT2D eigenvalue weighted by atomic mass is 32.2. The van der Waals surface area contributed by atoms with E-state index >= 15 is 0 Å². The number of carbonyl (C=O) groups excluding carboxylic acids is 3. The molecule has 4 nitrogen and oxygen atoms in total. The lowest BCUT2D eigenvalue weighted by atomic mass is 10.2. The van der Waals surface area contributed by atoms with Crippen molar-refractivity contribution < 1.29 is 18.8 Å². The first-order chi connectivity index (χ1) is 8.00. The molecule has 0 radical (unpaired) electrons. The summed E-state index contributed by atoms with van der Waals surface area (Å²) in [5.41, 5.74) is -0.0758. The molecule has 1 aromatic rings. The Labute approximate surface area is 102 Å². The molecule has 6 heteroatoms. The van der Waals surface area contributed by atoms with Crippen LogP contribution in [0.4, 0.5) is 4.39 Å². The fourth-order valence-corrected chi connectivity index (χ4v) is 1.72. The van der Waals surface area contributed by atoms with Crippen molar-refractivity contribution in [2.75, 3.05) is 5.75 Å². The Morgan fingerprint density at radius 1 is 1.29 bits per heavy atom. The van der Waals surface area contributed by atoms with E-state index < -0.39 is 22.7 Å². The number of carbonyl (C=O) groups is 3. The molecule has 17 heavy (non-hydrogen) atoms. The highest BCUT2D eigenvalue weighted by Gasteiger charge is 2.13. The molecule has 0 heterocycles. The van der Waals surface area contributed by atoms with E-state index in [9.17, 15) is 18.8 Å². The molecule has 0 saturated heterocycles. The predicted octanol–water partition coefficient (Wildman–Crippen LogP) is 1.36. The van der Waals surface area contributed by atoms with Gasteiger partial charge in [0.15, 0.2) is 0 Å². The summed E-state index contributed by atoms with van der Waals surface area (Å²) in [4.78, 5) is 33.1. The Bertz CT molecular complexity index is 462. The largest absolute Gasteiger partial charge is 0.296 e. The normalized spacial score (nSPS) is 9.76. The Hall–Kier alpha value is -1.69. The van der Waals surface area contributed by atoms with Gasteiger partial charge in [0.25, 0.3) is 0 Å². The standard InChI is InChI=1S/C11H10FNO3S/c1-7(14)13-10(15)6-17-11(16)8-4-2-3-5-9(8)12/h2-5H,6H2,1H3,(H,13,14,15). The third-order valence-electron chi connectivity index (χ3n) is 1.74. The van der Waals surface area contributed by atoms with Crippen LogP contribution < -0.4 is 5.32 Å². The number of halogens is 1. The molecule has 2 amide bonds. The molecule has 0 atom stereocenters. The zero-order valence-corrected chi connectivity index (χ0v) is 9.84. The number of benzene rings is 1. The van der Waals surface area contributed by atoms with Crippen LogP contribution in [-0.2, 0) is 9.59 Å². The summed E-state index contributed by atoms with van der Waals surface area (Å²) in [7, 11) is 0. The van der Waals surface area contributed by atoms with Crippen LogP contribution in [0.25, 0.3) is 0 Å². The SMILES string of the molecule is CC(=O)NC(=O)CSC(=O)c1ccccc1F. The number of thioether (sulfide) groups is 1. The first-order valence-corrected chi connectivity index (χ1v) is 5.71. The first kappa shape index (κ1) is 13.4. The molecule has 0 spiro atoms. The lowest BCUT2D eigenvalue weighted by molar-refractivity contribution is -0.127. The van der Waals surface area contributed by atoms with Crippen molar-refractivity contribution in [3.8, 4) is 0 Å². The summed E-state index contributed by atoms with van der Waals surface area (Å²) in [6.07, 6.45) is 0. The maximum absolute atomic E-state index is 13.2. The molecule has 0 saturated carbocycles. The molecule has 0 aliphatic heterocycles. The molecule has 0 unspecified atom stereocenters. The molecule has 0 bridgehead atoms.